The maximum atomic E-state index is 11.8. The van der Waals surface area contributed by atoms with Crippen LogP contribution in [0, 0.1) is 0 Å². The van der Waals surface area contributed by atoms with E-state index in [2.05, 4.69) is 32.4 Å². The van der Waals surface area contributed by atoms with Crippen LogP contribution >= 0.6 is 7.60 Å². The van der Waals surface area contributed by atoms with Gasteiger partial charge in [-0.1, -0.05) is 24.3 Å². The number of nitrogens with zero attached hydrogens (tertiary/aromatic N) is 4. The van der Waals surface area contributed by atoms with Crippen LogP contribution in [0.5, 0.6) is 0 Å². The third-order valence-corrected chi connectivity index (χ3v) is 7.37. The number of hydrogen-bond acceptors (Lipinski definition) is 9. The molecule has 3 heterocycles. The second-order valence-electron chi connectivity index (χ2n) is 8.17. The fourth-order valence-corrected chi connectivity index (χ4v) is 5.53. The molecule has 5 N–H and O–H groups in total. The molecule has 0 spiro atoms. The van der Waals surface area contributed by atoms with Crippen molar-refractivity contribution in [1.29, 1.82) is 0 Å². The molecule has 0 amide bonds. The molecule has 176 valence electrons. The second-order valence-corrected chi connectivity index (χ2v) is 9.86. The molecule has 2 aromatic heterocycles. The first-order chi connectivity index (χ1) is 15.8. The second kappa shape index (κ2) is 8.41. The molecular weight excluding hydrogens is 453 g/mol. The summed E-state index contributed by atoms with van der Waals surface area (Å²) in [5.41, 5.74) is 3.26. The van der Waals surface area contributed by atoms with Gasteiger partial charge in [-0.25, -0.2) is 15.0 Å². The van der Waals surface area contributed by atoms with Gasteiger partial charge in [-0.05, 0) is 24.0 Å². The zero-order chi connectivity index (χ0) is 23.3. The predicted octanol–water partition coefficient (Wildman–Crippen LogP) is 0.695. The van der Waals surface area contributed by atoms with E-state index in [0.29, 0.717) is 17.0 Å². The van der Waals surface area contributed by atoms with E-state index in [0.717, 1.165) is 20.0 Å². The van der Waals surface area contributed by atoms with E-state index in [9.17, 15) is 24.6 Å². The quantitative estimate of drug-likeness (QED) is 0.316. The highest BCUT2D eigenvalue weighted by molar-refractivity contribution is 7.52. The molecule has 2 aliphatic rings. The summed E-state index contributed by atoms with van der Waals surface area (Å²) in [5, 5.41) is 24.4. The van der Waals surface area contributed by atoms with Gasteiger partial charge in [0, 0.05) is 7.11 Å². The van der Waals surface area contributed by atoms with Crippen molar-refractivity contribution in [1.82, 2.24) is 19.5 Å². The number of aryl methyl sites for hydroxylation is 1. The maximum Gasteiger partial charge on any atom is 0.356 e. The van der Waals surface area contributed by atoms with Crippen LogP contribution in [-0.2, 0) is 20.5 Å². The predicted molar refractivity (Wildman–Crippen MR) is 115 cm³/mol. The average molecular weight is 477 g/mol. The SMILES string of the molecule is COC([C@@H]1O[C@@H](n2cnc3c(NC4CCc5ccccc54)ncnc32)[C@H](O)[C@@H]1O)P(=O)(O)O. The first-order valence-electron chi connectivity index (χ1n) is 10.4. The van der Waals surface area contributed by atoms with Crippen molar-refractivity contribution in [3.63, 3.8) is 0 Å². The van der Waals surface area contributed by atoms with Crippen LogP contribution in [-0.4, -0.2) is 70.8 Å². The number of aromatic nitrogens is 4. The molecule has 0 saturated carbocycles. The normalized spacial score (nSPS) is 28.2. The van der Waals surface area contributed by atoms with Gasteiger partial charge in [0.2, 0.25) is 0 Å². The Morgan fingerprint density at radius 3 is 2.76 bits per heavy atom. The van der Waals surface area contributed by atoms with Crippen LogP contribution < -0.4 is 5.32 Å². The van der Waals surface area contributed by atoms with Crippen LogP contribution in [0.3, 0.4) is 0 Å². The molecule has 13 heteroatoms. The van der Waals surface area contributed by atoms with Crippen molar-refractivity contribution >= 4 is 24.6 Å². The Labute approximate surface area is 188 Å². The molecule has 1 fully saturated rings. The Morgan fingerprint density at radius 1 is 1.21 bits per heavy atom. The van der Waals surface area contributed by atoms with E-state index < -0.39 is 38.0 Å². The highest BCUT2D eigenvalue weighted by Crippen LogP contribution is 2.48. The van der Waals surface area contributed by atoms with E-state index >= 15 is 0 Å². The first kappa shape index (κ1) is 22.4. The minimum Gasteiger partial charge on any atom is -0.387 e. The van der Waals surface area contributed by atoms with E-state index in [-0.39, 0.29) is 6.04 Å². The Kier molecular flexibility index (Phi) is 5.69. The van der Waals surface area contributed by atoms with Crippen molar-refractivity contribution < 1.29 is 34.0 Å². The molecular formula is C20H24N5O7P. The van der Waals surface area contributed by atoms with Gasteiger partial charge in [0.15, 0.2) is 29.1 Å². The lowest BCUT2D eigenvalue weighted by molar-refractivity contribution is -0.0761. The number of nitrogens with one attached hydrogen (secondary N) is 1. The lowest BCUT2D eigenvalue weighted by Crippen LogP contribution is -2.39. The van der Waals surface area contributed by atoms with Crippen molar-refractivity contribution in [3.8, 4) is 0 Å². The molecule has 2 unspecified atom stereocenters. The lowest BCUT2D eigenvalue weighted by atomic mass is 10.1. The van der Waals surface area contributed by atoms with Crippen molar-refractivity contribution in [2.24, 2.45) is 0 Å². The first-order valence-corrected chi connectivity index (χ1v) is 12.1. The number of aliphatic hydroxyl groups excluding tert-OH is 2. The molecule has 33 heavy (non-hydrogen) atoms. The van der Waals surface area contributed by atoms with E-state index in [4.69, 9.17) is 9.47 Å². The lowest BCUT2D eigenvalue weighted by Gasteiger charge is -2.24. The Hall–Kier alpha value is -2.44. The Morgan fingerprint density at radius 2 is 2.00 bits per heavy atom. The summed E-state index contributed by atoms with van der Waals surface area (Å²) in [5.74, 6) is -1.23. The van der Waals surface area contributed by atoms with Crippen molar-refractivity contribution in [3.05, 3.63) is 48.0 Å². The molecule has 1 saturated heterocycles. The molecule has 12 nitrogen and oxygen atoms in total. The van der Waals surface area contributed by atoms with Crippen LogP contribution in [0.1, 0.15) is 29.8 Å². The third-order valence-electron chi connectivity index (χ3n) is 6.21. The van der Waals surface area contributed by atoms with Gasteiger partial charge in [0.25, 0.3) is 0 Å². The molecule has 1 aliphatic heterocycles. The molecule has 3 aromatic rings. The number of ether oxygens (including phenoxy) is 2. The molecule has 1 aliphatic carbocycles. The largest absolute Gasteiger partial charge is 0.387 e. The summed E-state index contributed by atoms with van der Waals surface area (Å²) in [7, 11) is -3.68. The molecule has 1 aromatic carbocycles. The number of rotatable bonds is 6. The number of imidazole rings is 1. The number of aliphatic hydroxyl groups is 2. The summed E-state index contributed by atoms with van der Waals surface area (Å²) < 4.78 is 23.7. The van der Waals surface area contributed by atoms with Gasteiger partial charge < -0.3 is 34.8 Å². The zero-order valence-corrected chi connectivity index (χ0v) is 18.5. The van der Waals surface area contributed by atoms with Gasteiger partial charge in [0.05, 0.1) is 12.4 Å². The van der Waals surface area contributed by atoms with Gasteiger partial charge in [-0.3, -0.25) is 9.13 Å². The Bertz CT molecular complexity index is 1220. The number of benzene rings is 1. The van der Waals surface area contributed by atoms with Crippen LogP contribution in [0.2, 0.25) is 0 Å². The van der Waals surface area contributed by atoms with Crippen molar-refractivity contribution in [2.75, 3.05) is 12.4 Å². The smallest absolute Gasteiger partial charge is 0.356 e. The molecule has 0 bridgehead atoms. The monoisotopic (exact) mass is 477 g/mol. The summed E-state index contributed by atoms with van der Waals surface area (Å²) >= 11 is 0. The molecule has 0 radical (unpaired) electrons. The third kappa shape index (κ3) is 3.83. The minimum atomic E-state index is -4.77. The van der Waals surface area contributed by atoms with Gasteiger partial charge in [-0.2, -0.15) is 0 Å². The Balaban J connectivity index is 1.44. The molecule has 5 rings (SSSR count). The van der Waals surface area contributed by atoms with Crippen LogP contribution in [0.25, 0.3) is 11.2 Å². The topological polar surface area (TPSA) is 172 Å². The fraction of sp³-hybridized carbons (Fsp3) is 0.450. The summed E-state index contributed by atoms with van der Waals surface area (Å²) in [6.45, 7) is 0. The van der Waals surface area contributed by atoms with E-state index in [1.807, 2.05) is 12.1 Å². The zero-order valence-electron chi connectivity index (χ0n) is 17.6. The number of methoxy groups -OCH3 is 1. The highest BCUT2D eigenvalue weighted by Gasteiger charge is 2.52. The van der Waals surface area contributed by atoms with Crippen LogP contribution in [0.4, 0.5) is 5.82 Å². The standard InChI is InChI=1S/C20H24N5O7P/c1-31-20(33(28,29)30)16-14(26)15(27)19(32-16)25-9-23-13-17(21-8-22-18(13)25)24-12-7-6-10-4-2-3-5-11(10)12/h2-5,8-9,12,14-16,19-20,26-27H,6-7H2,1H3,(H,21,22,24)(H2,28,29,30)/t12?,14-,15+,16+,19+,20?/m0/s1. The summed E-state index contributed by atoms with van der Waals surface area (Å²) in [6, 6.07) is 8.26. The maximum absolute atomic E-state index is 11.8. The number of fused-ring (bicyclic) bond motifs is 2. The van der Waals surface area contributed by atoms with Crippen molar-refractivity contribution in [2.45, 2.75) is 49.3 Å². The van der Waals surface area contributed by atoms with E-state index in [1.54, 1.807) is 0 Å². The minimum absolute atomic E-state index is 0.0645. The van der Waals surface area contributed by atoms with E-state index in [1.165, 1.54) is 28.3 Å². The van der Waals surface area contributed by atoms with Crippen LogP contribution in [0.15, 0.2) is 36.9 Å². The number of anilines is 1. The van der Waals surface area contributed by atoms with Gasteiger partial charge >= 0.3 is 7.60 Å². The van der Waals surface area contributed by atoms with Gasteiger partial charge in [-0.15, -0.1) is 0 Å². The fourth-order valence-electron chi connectivity index (χ4n) is 4.63. The summed E-state index contributed by atoms with van der Waals surface area (Å²) in [4.78, 5) is 32.0. The highest BCUT2D eigenvalue weighted by atomic mass is 31.2. The summed E-state index contributed by atoms with van der Waals surface area (Å²) in [6.07, 6.45) is -1.13. The number of hydrogen-bond donors (Lipinski definition) is 5. The molecule has 6 atom stereocenters. The van der Waals surface area contributed by atoms with Gasteiger partial charge in [0.1, 0.15) is 24.6 Å². The average Bonchev–Trinajstić information content (AvgIpc) is 3.46.